The molecule has 3 N–H and O–H groups in total. The van der Waals surface area contributed by atoms with E-state index in [2.05, 4.69) is 42.5 Å². The van der Waals surface area contributed by atoms with Crippen LogP contribution in [0.1, 0.15) is 17.5 Å². The van der Waals surface area contributed by atoms with Gasteiger partial charge in [0.25, 0.3) is 0 Å². The third-order valence-electron chi connectivity index (χ3n) is 2.21. The van der Waals surface area contributed by atoms with Gasteiger partial charge in [-0.3, -0.25) is 5.84 Å². The normalized spacial score (nSPS) is 12.1. The number of hydrogen-bond acceptors (Lipinski definition) is 2. The van der Waals surface area contributed by atoms with Gasteiger partial charge in [-0.15, -0.1) is 6.42 Å². The Hall–Kier alpha value is -1.30. The Bertz CT molecular complexity index is 325. The molecule has 0 heterocycles. The van der Waals surface area contributed by atoms with E-state index in [1.54, 1.807) is 0 Å². The van der Waals surface area contributed by atoms with Crippen LogP contribution in [0.3, 0.4) is 0 Å². The van der Waals surface area contributed by atoms with Crippen molar-refractivity contribution in [3.05, 3.63) is 35.4 Å². The number of aryl methyl sites for hydroxylation is 2. The Morgan fingerprint density at radius 1 is 1.57 bits per heavy atom. The largest absolute Gasteiger partial charge is 0.270 e. The van der Waals surface area contributed by atoms with E-state index in [0.717, 1.165) is 12.8 Å². The van der Waals surface area contributed by atoms with Gasteiger partial charge in [-0.1, -0.05) is 35.7 Å². The van der Waals surface area contributed by atoms with Crippen LogP contribution in [0.15, 0.2) is 24.3 Å². The Labute approximate surface area is 85.5 Å². The van der Waals surface area contributed by atoms with E-state index < -0.39 is 0 Å². The van der Waals surface area contributed by atoms with Crippen LogP contribution in [0.25, 0.3) is 0 Å². The van der Waals surface area contributed by atoms with Crippen molar-refractivity contribution >= 4 is 0 Å². The van der Waals surface area contributed by atoms with Crippen LogP contribution in [0.5, 0.6) is 0 Å². The minimum Gasteiger partial charge on any atom is -0.270 e. The zero-order valence-corrected chi connectivity index (χ0v) is 8.46. The molecule has 2 nitrogen and oxygen atoms in total. The van der Waals surface area contributed by atoms with E-state index in [0.29, 0.717) is 0 Å². The predicted octanol–water partition coefficient (Wildman–Crippen LogP) is 1.39. The van der Waals surface area contributed by atoms with Gasteiger partial charge >= 0.3 is 0 Å². The first-order valence-corrected chi connectivity index (χ1v) is 4.74. The van der Waals surface area contributed by atoms with Gasteiger partial charge < -0.3 is 0 Å². The zero-order chi connectivity index (χ0) is 10.4. The van der Waals surface area contributed by atoms with E-state index >= 15 is 0 Å². The van der Waals surface area contributed by atoms with Crippen molar-refractivity contribution < 1.29 is 0 Å². The summed E-state index contributed by atoms with van der Waals surface area (Å²) >= 11 is 0. The van der Waals surface area contributed by atoms with Crippen molar-refractivity contribution in [3.63, 3.8) is 0 Å². The molecule has 1 rings (SSSR count). The third-order valence-corrected chi connectivity index (χ3v) is 2.21. The second-order valence-electron chi connectivity index (χ2n) is 3.41. The molecule has 14 heavy (non-hydrogen) atoms. The molecule has 1 aromatic carbocycles. The number of hydrazine groups is 1. The number of rotatable bonds is 4. The number of hydrogen-bond donors (Lipinski definition) is 2. The average Bonchev–Trinajstić information content (AvgIpc) is 2.19. The molecule has 0 saturated carbocycles. The first kappa shape index (κ1) is 10.8. The topological polar surface area (TPSA) is 38.0 Å². The third kappa shape index (κ3) is 3.21. The highest BCUT2D eigenvalue weighted by Gasteiger charge is 2.01. The zero-order valence-electron chi connectivity index (χ0n) is 8.46. The van der Waals surface area contributed by atoms with E-state index in [9.17, 15) is 0 Å². The highest BCUT2D eigenvalue weighted by molar-refractivity contribution is 5.22. The molecule has 0 saturated heterocycles. The summed E-state index contributed by atoms with van der Waals surface area (Å²) in [4.78, 5) is 0. The fraction of sp³-hybridized carbons (Fsp3) is 0.333. The molecule has 1 atom stereocenters. The van der Waals surface area contributed by atoms with Gasteiger partial charge in [0, 0.05) is 0 Å². The Morgan fingerprint density at radius 2 is 2.36 bits per heavy atom. The summed E-state index contributed by atoms with van der Waals surface area (Å²) in [5.74, 6) is 7.89. The van der Waals surface area contributed by atoms with Crippen molar-refractivity contribution in [1.82, 2.24) is 5.43 Å². The maximum Gasteiger partial charge on any atom is 0.0818 e. The molecule has 0 aliphatic heterocycles. The fourth-order valence-corrected chi connectivity index (χ4v) is 1.39. The van der Waals surface area contributed by atoms with Gasteiger partial charge in [-0.25, -0.2) is 5.43 Å². The molecule has 0 fully saturated rings. The van der Waals surface area contributed by atoms with Gasteiger partial charge in [-0.2, -0.15) is 0 Å². The van der Waals surface area contributed by atoms with Crippen LogP contribution in [-0.4, -0.2) is 6.04 Å². The minimum absolute atomic E-state index is 0.0319. The lowest BCUT2D eigenvalue weighted by Crippen LogP contribution is -2.34. The van der Waals surface area contributed by atoms with Crippen molar-refractivity contribution in [2.24, 2.45) is 5.84 Å². The van der Waals surface area contributed by atoms with Crippen LogP contribution >= 0.6 is 0 Å². The smallest absolute Gasteiger partial charge is 0.0818 e. The molecule has 0 amide bonds. The summed E-state index contributed by atoms with van der Waals surface area (Å²) in [5, 5.41) is 0. The monoisotopic (exact) mass is 188 g/mol. The van der Waals surface area contributed by atoms with Crippen LogP contribution < -0.4 is 11.3 Å². The van der Waals surface area contributed by atoms with Crippen molar-refractivity contribution in [1.29, 1.82) is 0 Å². The van der Waals surface area contributed by atoms with Crippen LogP contribution in [0, 0.1) is 19.3 Å². The molecule has 0 spiro atoms. The molecule has 74 valence electrons. The number of terminal acetylenes is 1. The lowest BCUT2D eigenvalue weighted by Gasteiger charge is -2.08. The predicted molar refractivity (Wildman–Crippen MR) is 59.4 cm³/mol. The molecule has 1 unspecified atom stereocenters. The average molecular weight is 188 g/mol. The molecule has 0 radical (unpaired) electrons. The molecular formula is C12H16N2. The van der Waals surface area contributed by atoms with Gasteiger partial charge in [-0.05, 0) is 25.3 Å². The van der Waals surface area contributed by atoms with E-state index in [-0.39, 0.29) is 6.04 Å². The first-order valence-electron chi connectivity index (χ1n) is 4.74. The molecule has 0 bridgehead atoms. The van der Waals surface area contributed by atoms with Gasteiger partial charge in [0.05, 0.1) is 6.04 Å². The molecule has 1 aromatic rings. The van der Waals surface area contributed by atoms with Crippen molar-refractivity contribution in [3.8, 4) is 12.3 Å². The molecule has 2 heteroatoms. The summed E-state index contributed by atoms with van der Waals surface area (Å²) in [6.07, 6.45) is 7.12. The van der Waals surface area contributed by atoms with Gasteiger partial charge in [0.15, 0.2) is 0 Å². The Morgan fingerprint density at radius 3 is 2.93 bits per heavy atom. The molecule has 0 aliphatic rings. The standard InChI is InChI=1S/C12H16N2/c1-3-12(14-13)8-7-11-6-4-5-10(2)9-11/h1,4-6,9,12,14H,7-8,13H2,2H3. The summed E-state index contributed by atoms with van der Waals surface area (Å²) in [7, 11) is 0. The molecule has 0 aliphatic carbocycles. The fourth-order valence-electron chi connectivity index (χ4n) is 1.39. The van der Waals surface area contributed by atoms with E-state index in [1.165, 1.54) is 11.1 Å². The van der Waals surface area contributed by atoms with Gasteiger partial charge in [0.2, 0.25) is 0 Å². The molecular weight excluding hydrogens is 172 g/mol. The Balaban J connectivity index is 2.50. The summed E-state index contributed by atoms with van der Waals surface area (Å²) in [6, 6.07) is 8.39. The highest BCUT2D eigenvalue weighted by atomic mass is 15.2. The number of nitrogens with one attached hydrogen (secondary N) is 1. The maximum absolute atomic E-state index is 5.28. The van der Waals surface area contributed by atoms with E-state index in [1.807, 2.05) is 0 Å². The summed E-state index contributed by atoms with van der Waals surface area (Å²) in [6.45, 7) is 2.09. The van der Waals surface area contributed by atoms with Crippen LogP contribution in [-0.2, 0) is 6.42 Å². The lowest BCUT2D eigenvalue weighted by molar-refractivity contribution is 0.592. The summed E-state index contributed by atoms with van der Waals surface area (Å²) < 4.78 is 0. The van der Waals surface area contributed by atoms with E-state index in [4.69, 9.17) is 12.3 Å². The SMILES string of the molecule is C#CC(CCc1cccc(C)c1)NN. The second kappa shape index (κ2) is 5.43. The van der Waals surface area contributed by atoms with Crippen molar-refractivity contribution in [2.45, 2.75) is 25.8 Å². The van der Waals surface area contributed by atoms with Crippen molar-refractivity contribution in [2.75, 3.05) is 0 Å². The first-order chi connectivity index (χ1) is 6.76. The maximum atomic E-state index is 5.28. The minimum atomic E-state index is -0.0319. The lowest BCUT2D eigenvalue weighted by atomic mass is 10.0. The van der Waals surface area contributed by atoms with Gasteiger partial charge in [0.1, 0.15) is 0 Å². The Kier molecular flexibility index (Phi) is 4.18. The quantitative estimate of drug-likeness (QED) is 0.426. The number of nitrogens with two attached hydrogens (primary N) is 1. The highest BCUT2D eigenvalue weighted by Crippen LogP contribution is 2.07. The second-order valence-corrected chi connectivity index (χ2v) is 3.41. The summed E-state index contributed by atoms with van der Waals surface area (Å²) in [5.41, 5.74) is 5.18. The number of benzene rings is 1. The van der Waals surface area contributed by atoms with Crippen LogP contribution in [0.2, 0.25) is 0 Å². The molecule has 0 aromatic heterocycles. The van der Waals surface area contributed by atoms with Crippen LogP contribution in [0.4, 0.5) is 0 Å².